The molecule has 1 aliphatic carbocycles. The summed E-state index contributed by atoms with van der Waals surface area (Å²) in [6.45, 7) is 0. The van der Waals surface area contributed by atoms with Crippen LogP contribution in [0.4, 0.5) is 8.78 Å². The summed E-state index contributed by atoms with van der Waals surface area (Å²) in [5.74, 6) is -3.52. The largest absolute Gasteiger partial charge is 0.468 e. The first-order valence-electron chi connectivity index (χ1n) is 5.22. The Morgan fingerprint density at radius 1 is 1.28 bits per heavy atom. The Bertz CT molecular complexity index is 495. The standard InChI is InChI=1S/C12H10Cl2F2O2/c1-18-10(17)11(5-12(15,16)6-11)7-2-3-8(13)9(14)4-7/h2-4H,5-6H2,1H3. The van der Waals surface area contributed by atoms with Gasteiger partial charge < -0.3 is 4.74 Å². The number of rotatable bonds is 2. The second kappa shape index (κ2) is 4.35. The Morgan fingerprint density at radius 3 is 2.33 bits per heavy atom. The Balaban J connectivity index is 2.42. The van der Waals surface area contributed by atoms with Crippen LogP contribution in [0.25, 0.3) is 0 Å². The van der Waals surface area contributed by atoms with Gasteiger partial charge >= 0.3 is 5.97 Å². The van der Waals surface area contributed by atoms with Crippen molar-refractivity contribution in [2.45, 2.75) is 24.2 Å². The number of hydrogen-bond acceptors (Lipinski definition) is 2. The third kappa shape index (κ3) is 2.08. The average molecular weight is 295 g/mol. The molecule has 0 amide bonds. The summed E-state index contributed by atoms with van der Waals surface area (Å²) < 4.78 is 30.9. The van der Waals surface area contributed by atoms with Gasteiger partial charge in [-0.3, -0.25) is 4.79 Å². The normalized spacial score (nSPS) is 20.1. The third-order valence-electron chi connectivity index (χ3n) is 3.17. The lowest BCUT2D eigenvalue weighted by Crippen LogP contribution is -2.54. The fraction of sp³-hybridized carbons (Fsp3) is 0.417. The van der Waals surface area contributed by atoms with Gasteiger partial charge in [-0.1, -0.05) is 29.3 Å². The highest BCUT2D eigenvalue weighted by molar-refractivity contribution is 6.42. The molecule has 0 bridgehead atoms. The zero-order valence-electron chi connectivity index (χ0n) is 9.47. The molecule has 0 saturated heterocycles. The number of halogens is 4. The number of carbonyl (C=O) groups is 1. The number of hydrogen-bond donors (Lipinski definition) is 0. The fourth-order valence-electron chi connectivity index (χ4n) is 2.29. The molecule has 1 saturated carbocycles. The molecule has 0 spiro atoms. The molecule has 0 aromatic heterocycles. The summed E-state index contributed by atoms with van der Waals surface area (Å²) in [5, 5.41) is 0.541. The van der Waals surface area contributed by atoms with Crippen molar-refractivity contribution < 1.29 is 18.3 Å². The Labute approximate surface area is 113 Å². The number of carbonyl (C=O) groups excluding carboxylic acids is 1. The van der Waals surface area contributed by atoms with E-state index in [2.05, 4.69) is 4.74 Å². The number of benzene rings is 1. The van der Waals surface area contributed by atoms with Crippen LogP contribution in [0.5, 0.6) is 0 Å². The van der Waals surface area contributed by atoms with Crippen molar-refractivity contribution in [2.75, 3.05) is 7.11 Å². The maximum atomic E-state index is 13.1. The van der Waals surface area contributed by atoms with E-state index in [0.29, 0.717) is 10.6 Å². The first kappa shape index (κ1) is 13.6. The highest BCUT2D eigenvalue weighted by Crippen LogP contribution is 2.54. The Kier molecular flexibility index (Phi) is 3.28. The van der Waals surface area contributed by atoms with Gasteiger partial charge in [-0.15, -0.1) is 0 Å². The molecule has 1 fully saturated rings. The van der Waals surface area contributed by atoms with Crippen LogP contribution in [0.15, 0.2) is 18.2 Å². The number of esters is 1. The minimum absolute atomic E-state index is 0.229. The molecule has 1 aromatic rings. The predicted octanol–water partition coefficient (Wildman–Crippen LogP) is 3.83. The van der Waals surface area contributed by atoms with Crippen LogP contribution >= 0.6 is 23.2 Å². The zero-order valence-corrected chi connectivity index (χ0v) is 11.0. The van der Waals surface area contributed by atoms with E-state index >= 15 is 0 Å². The molecule has 0 atom stereocenters. The molecule has 0 heterocycles. The molecular weight excluding hydrogens is 285 g/mol. The van der Waals surface area contributed by atoms with Crippen LogP contribution in [0.3, 0.4) is 0 Å². The van der Waals surface area contributed by atoms with Crippen molar-refractivity contribution in [3.8, 4) is 0 Å². The van der Waals surface area contributed by atoms with Crippen molar-refractivity contribution in [2.24, 2.45) is 0 Å². The maximum absolute atomic E-state index is 13.1. The van der Waals surface area contributed by atoms with Crippen molar-refractivity contribution in [3.63, 3.8) is 0 Å². The molecule has 18 heavy (non-hydrogen) atoms. The third-order valence-corrected chi connectivity index (χ3v) is 3.91. The van der Waals surface area contributed by atoms with E-state index in [1.54, 1.807) is 0 Å². The van der Waals surface area contributed by atoms with E-state index in [1.807, 2.05) is 0 Å². The molecule has 0 aliphatic heterocycles. The lowest BCUT2D eigenvalue weighted by molar-refractivity contribution is -0.177. The first-order valence-corrected chi connectivity index (χ1v) is 5.98. The highest BCUT2D eigenvalue weighted by atomic mass is 35.5. The van der Waals surface area contributed by atoms with Gasteiger partial charge in [-0.05, 0) is 17.7 Å². The summed E-state index contributed by atoms with van der Waals surface area (Å²) in [6, 6.07) is 4.46. The van der Waals surface area contributed by atoms with E-state index in [4.69, 9.17) is 23.2 Å². The molecule has 1 aromatic carbocycles. The molecule has 2 rings (SSSR count). The first-order chi connectivity index (χ1) is 8.31. The van der Waals surface area contributed by atoms with Gasteiger partial charge in [-0.2, -0.15) is 0 Å². The quantitative estimate of drug-likeness (QED) is 0.775. The van der Waals surface area contributed by atoms with E-state index in [9.17, 15) is 13.6 Å². The van der Waals surface area contributed by atoms with E-state index in [-0.39, 0.29) is 5.02 Å². The molecule has 2 nitrogen and oxygen atoms in total. The number of methoxy groups -OCH3 is 1. The minimum Gasteiger partial charge on any atom is -0.468 e. The second-order valence-electron chi connectivity index (χ2n) is 4.41. The van der Waals surface area contributed by atoms with Gasteiger partial charge in [0.2, 0.25) is 0 Å². The predicted molar refractivity (Wildman–Crippen MR) is 64.3 cm³/mol. The zero-order chi connectivity index (χ0) is 13.6. The highest BCUT2D eigenvalue weighted by Gasteiger charge is 2.62. The summed E-state index contributed by atoms with van der Waals surface area (Å²) in [6.07, 6.45) is -1.13. The topological polar surface area (TPSA) is 26.3 Å². The molecular formula is C12H10Cl2F2O2. The lowest BCUT2D eigenvalue weighted by atomic mass is 9.62. The van der Waals surface area contributed by atoms with E-state index in [0.717, 1.165) is 0 Å². The van der Waals surface area contributed by atoms with Crippen LogP contribution in [0.2, 0.25) is 10.0 Å². The molecule has 0 unspecified atom stereocenters. The fourth-order valence-corrected chi connectivity index (χ4v) is 2.58. The van der Waals surface area contributed by atoms with Crippen LogP contribution in [-0.2, 0) is 14.9 Å². The lowest BCUT2D eigenvalue weighted by Gasteiger charge is -2.45. The SMILES string of the molecule is COC(=O)C1(c2ccc(Cl)c(Cl)c2)CC(F)(F)C1. The summed E-state index contributed by atoms with van der Waals surface area (Å²) in [4.78, 5) is 11.8. The van der Waals surface area contributed by atoms with Crippen LogP contribution < -0.4 is 0 Å². The van der Waals surface area contributed by atoms with Gasteiger partial charge in [0.1, 0.15) is 5.41 Å². The molecule has 0 N–H and O–H groups in total. The Morgan fingerprint density at radius 2 is 1.89 bits per heavy atom. The van der Waals surface area contributed by atoms with E-state index in [1.165, 1.54) is 25.3 Å². The van der Waals surface area contributed by atoms with Gasteiger partial charge in [0.25, 0.3) is 5.92 Å². The van der Waals surface area contributed by atoms with Crippen molar-refractivity contribution in [1.29, 1.82) is 0 Å². The van der Waals surface area contributed by atoms with Gasteiger partial charge in [-0.25, -0.2) is 8.78 Å². The average Bonchev–Trinajstić information content (AvgIpc) is 2.28. The molecule has 6 heteroatoms. The maximum Gasteiger partial charge on any atom is 0.316 e. The van der Waals surface area contributed by atoms with Gasteiger partial charge in [0, 0.05) is 12.8 Å². The van der Waals surface area contributed by atoms with Crippen LogP contribution in [-0.4, -0.2) is 19.0 Å². The smallest absolute Gasteiger partial charge is 0.316 e. The van der Waals surface area contributed by atoms with E-state index < -0.39 is 30.1 Å². The molecule has 98 valence electrons. The monoisotopic (exact) mass is 294 g/mol. The minimum atomic E-state index is -2.85. The summed E-state index contributed by atoms with van der Waals surface area (Å²) in [7, 11) is 1.18. The van der Waals surface area contributed by atoms with Crippen molar-refractivity contribution >= 4 is 29.2 Å². The summed E-state index contributed by atoms with van der Waals surface area (Å²) >= 11 is 11.6. The summed E-state index contributed by atoms with van der Waals surface area (Å²) in [5.41, 5.74) is -0.901. The van der Waals surface area contributed by atoms with Gasteiger partial charge in [0.15, 0.2) is 0 Å². The molecule has 0 radical (unpaired) electrons. The van der Waals surface area contributed by atoms with Crippen molar-refractivity contribution in [1.82, 2.24) is 0 Å². The number of alkyl halides is 2. The number of ether oxygens (including phenoxy) is 1. The van der Waals surface area contributed by atoms with Gasteiger partial charge in [0.05, 0.1) is 17.2 Å². The van der Waals surface area contributed by atoms with Crippen LogP contribution in [0, 0.1) is 0 Å². The second-order valence-corrected chi connectivity index (χ2v) is 5.23. The Hall–Kier alpha value is -0.870. The van der Waals surface area contributed by atoms with Crippen molar-refractivity contribution in [3.05, 3.63) is 33.8 Å². The molecule has 1 aliphatic rings. The van der Waals surface area contributed by atoms with Crippen LogP contribution in [0.1, 0.15) is 18.4 Å².